The summed E-state index contributed by atoms with van der Waals surface area (Å²) in [5.74, 6) is 1.67. The van der Waals surface area contributed by atoms with E-state index in [1.165, 1.54) is 22.4 Å². The van der Waals surface area contributed by atoms with Gasteiger partial charge in [0.05, 0.1) is 16.8 Å². The summed E-state index contributed by atoms with van der Waals surface area (Å²) in [6, 6.07) is 21.2. The number of hydrogen-bond donors (Lipinski definition) is 1. The van der Waals surface area contributed by atoms with Gasteiger partial charge in [-0.25, -0.2) is 0 Å². The van der Waals surface area contributed by atoms with Crippen molar-refractivity contribution in [1.82, 2.24) is 0 Å². The Kier molecular flexibility index (Phi) is 6.06. The number of anilines is 1. The molecule has 0 fully saturated rings. The van der Waals surface area contributed by atoms with Gasteiger partial charge in [0.1, 0.15) is 12.4 Å². The second-order valence-corrected chi connectivity index (χ2v) is 9.11. The molecular weight excluding hydrogens is 428 g/mol. The van der Waals surface area contributed by atoms with Gasteiger partial charge in [0.25, 0.3) is 0 Å². The first-order valence-corrected chi connectivity index (χ1v) is 11.7. The highest BCUT2D eigenvalue weighted by Gasteiger charge is 2.37. The zero-order valence-electron chi connectivity index (χ0n) is 18.7. The molecule has 0 radical (unpaired) electrons. The number of rotatable bonds is 6. The van der Waals surface area contributed by atoms with Crippen LogP contribution in [0.2, 0.25) is 5.02 Å². The number of benzene rings is 3. The van der Waals surface area contributed by atoms with E-state index in [0.29, 0.717) is 35.3 Å². The molecule has 3 aromatic rings. The summed E-state index contributed by atoms with van der Waals surface area (Å²) in [5, 5.41) is 4.37. The first kappa shape index (κ1) is 21.5. The van der Waals surface area contributed by atoms with Crippen LogP contribution in [0.3, 0.4) is 0 Å². The molecule has 2 aliphatic rings. The summed E-state index contributed by atoms with van der Waals surface area (Å²) in [5.41, 5.74) is 7.12. The summed E-state index contributed by atoms with van der Waals surface area (Å²) in [6.45, 7) is 6.25. The summed E-state index contributed by atoms with van der Waals surface area (Å²) in [7, 11) is 0. The number of aliphatic imine (C=N–C) groups is 1. The van der Waals surface area contributed by atoms with Crippen LogP contribution in [0.1, 0.15) is 40.6 Å². The molecule has 0 bridgehead atoms. The molecule has 33 heavy (non-hydrogen) atoms. The Labute approximate surface area is 200 Å². The zero-order chi connectivity index (χ0) is 22.8. The van der Waals surface area contributed by atoms with Crippen molar-refractivity contribution >= 4 is 29.2 Å². The Balaban J connectivity index is 1.32. The van der Waals surface area contributed by atoms with E-state index in [9.17, 15) is 0 Å². The van der Waals surface area contributed by atoms with Crippen molar-refractivity contribution in [3.63, 3.8) is 0 Å². The first-order valence-electron chi connectivity index (χ1n) is 11.3. The molecular formula is C29H27ClN2O. The lowest BCUT2D eigenvalue weighted by Gasteiger charge is -2.37. The van der Waals surface area contributed by atoms with Gasteiger partial charge in [-0.15, -0.1) is 0 Å². The van der Waals surface area contributed by atoms with Gasteiger partial charge in [-0.05, 0) is 72.4 Å². The SMILES string of the molecule is C=CCOc1ccc(C=Nc2ccc([C@@H]3Nc4ccc(C)cc4[C@@H]4C=CC[C@H]43)cc2)cc1Cl. The van der Waals surface area contributed by atoms with Crippen molar-refractivity contribution in [3.05, 3.63) is 113 Å². The number of fused-ring (bicyclic) bond motifs is 3. The maximum absolute atomic E-state index is 6.31. The number of nitrogens with zero attached hydrogens (tertiary/aromatic N) is 1. The van der Waals surface area contributed by atoms with Crippen LogP contribution in [0.5, 0.6) is 5.75 Å². The number of allylic oxidation sites excluding steroid dienone is 2. The summed E-state index contributed by atoms with van der Waals surface area (Å²) >= 11 is 6.31. The monoisotopic (exact) mass is 454 g/mol. The highest BCUT2D eigenvalue weighted by atomic mass is 35.5. The molecule has 5 rings (SSSR count). The van der Waals surface area contributed by atoms with Crippen LogP contribution < -0.4 is 10.1 Å². The minimum Gasteiger partial charge on any atom is -0.488 e. The molecule has 3 aromatic carbocycles. The van der Waals surface area contributed by atoms with Gasteiger partial charge >= 0.3 is 0 Å². The lowest BCUT2D eigenvalue weighted by molar-refractivity contribution is 0.363. The lowest BCUT2D eigenvalue weighted by Crippen LogP contribution is -2.29. The van der Waals surface area contributed by atoms with E-state index >= 15 is 0 Å². The van der Waals surface area contributed by atoms with Gasteiger partial charge in [-0.3, -0.25) is 4.99 Å². The third-order valence-electron chi connectivity index (χ3n) is 6.45. The number of nitrogens with one attached hydrogen (secondary N) is 1. The molecule has 0 aromatic heterocycles. The fraction of sp³-hybridized carbons (Fsp3) is 0.207. The Bertz CT molecular complexity index is 1230. The highest BCUT2D eigenvalue weighted by molar-refractivity contribution is 6.32. The Hall–Kier alpha value is -3.30. The second-order valence-electron chi connectivity index (χ2n) is 8.71. The molecule has 1 heterocycles. The average molecular weight is 455 g/mol. The molecule has 0 saturated heterocycles. The Morgan fingerprint density at radius 2 is 1.97 bits per heavy atom. The van der Waals surface area contributed by atoms with Crippen LogP contribution in [-0.4, -0.2) is 12.8 Å². The summed E-state index contributed by atoms with van der Waals surface area (Å²) < 4.78 is 5.53. The molecule has 3 nitrogen and oxygen atoms in total. The Morgan fingerprint density at radius 3 is 2.76 bits per heavy atom. The molecule has 3 atom stereocenters. The van der Waals surface area contributed by atoms with Gasteiger partial charge in [-0.1, -0.05) is 66.2 Å². The maximum Gasteiger partial charge on any atom is 0.138 e. The van der Waals surface area contributed by atoms with E-state index in [0.717, 1.165) is 17.7 Å². The predicted molar refractivity (Wildman–Crippen MR) is 138 cm³/mol. The quantitative estimate of drug-likeness (QED) is 0.304. The van der Waals surface area contributed by atoms with Gasteiger partial charge in [0.15, 0.2) is 0 Å². The van der Waals surface area contributed by atoms with Crippen LogP contribution in [0.15, 0.2) is 90.5 Å². The fourth-order valence-corrected chi connectivity index (χ4v) is 5.07. The molecule has 0 spiro atoms. The van der Waals surface area contributed by atoms with E-state index in [1.807, 2.05) is 24.4 Å². The molecule has 1 N–H and O–H groups in total. The second kappa shape index (κ2) is 9.29. The van der Waals surface area contributed by atoms with Crippen molar-refractivity contribution in [2.24, 2.45) is 10.9 Å². The van der Waals surface area contributed by atoms with Crippen molar-refractivity contribution in [2.75, 3.05) is 11.9 Å². The van der Waals surface area contributed by atoms with E-state index in [-0.39, 0.29) is 0 Å². The number of aryl methyl sites for hydroxylation is 1. The summed E-state index contributed by atoms with van der Waals surface area (Å²) in [4.78, 5) is 4.63. The number of halogens is 1. The lowest BCUT2D eigenvalue weighted by atomic mass is 9.76. The van der Waals surface area contributed by atoms with Gasteiger partial charge in [-0.2, -0.15) is 0 Å². The van der Waals surface area contributed by atoms with Crippen LogP contribution in [-0.2, 0) is 0 Å². The number of ether oxygens (including phenoxy) is 1. The van der Waals surface area contributed by atoms with Crippen molar-refractivity contribution in [1.29, 1.82) is 0 Å². The van der Waals surface area contributed by atoms with Crippen LogP contribution >= 0.6 is 11.6 Å². The summed E-state index contributed by atoms with van der Waals surface area (Å²) in [6.07, 6.45) is 9.34. The number of hydrogen-bond acceptors (Lipinski definition) is 3. The van der Waals surface area contributed by atoms with Crippen LogP contribution in [0, 0.1) is 12.8 Å². The molecule has 0 amide bonds. The molecule has 0 saturated carbocycles. The van der Waals surface area contributed by atoms with Crippen LogP contribution in [0.25, 0.3) is 0 Å². The van der Waals surface area contributed by atoms with E-state index in [1.54, 1.807) is 6.08 Å². The maximum atomic E-state index is 6.31. The van der Waals surface area contributed by atoms with Crippen molar-refractivity contribution in [3.8, 4) is 5.75 Å². The first-order chi connectivity index (χ1) is 16.1. The van der Waals surface area contributed by atoms with Gasteiger partial charge in [0, 0.05) is 17.8 Å². The smallest absolute Gasteiger partial charge is 0.138 e. The van der Waals surface area contributed by atoms with Gasteiger partial charge in [0.2, 0.25) is 0 Å². The van der Waals surface area contributed by atoms with E-state index in [4.69, 9.17) is 16.3 Å². The molecule has 1 aliphatic carbocycles. The van der Waals surface area contributed by atoms with Crippen molar-refractivity contribution < 1.29 is 4.74 Å². The van der Waals surface area contributed by atoms with E-state index < -0.39 is 0 Å². The normalized spacial score (nSPS) is 20.8. The zero-order valence-corrected chi connectivity index (χ0v) is 19.4. The van der Waals surface area contributed by atoms with Crippen molar-refractivity contribution in [2.45, 2.75) is 25.3 Å². The molecule has 0 unspecified atom stereocenters. The van der Waals surface area contributed by atoms with Gasteiger partial charge < -0.3 is 10.1 Å². The molecule has 1 aliphatic heterocycles. The highest BCUT2D eigenvalue weighted by Crippen LogP contribution is 2.50. The minimum absolute atomic E-state index is 0.292. The minimum atomic E-state index is 0.292. The van der Waals surface area contributed by atoms with Crippen LogP contribution in [0.4, 0.5) is 11.4 Å². The fourth-order valence-electron chi connectivity index (χ4n) is 4.82. The molecule has 4 heteroatoms. The third kappa shape index (κ3) is 4.46. The Morgan fingerprint density at radius 1 is 1.12 bits per heavy atom. The molecule has 166 valence electrons. The standard InChI is InChI=1S/C29H27ClN2O/c1-3-15-33-28-14-8-20(17-26(28)30)18-31-22-11-9-21(10-12-22)29-24-6-4-5-23(24)25-16-19(2)7-13-27(25)32-29/h3-5,7-14,16-18,23-24,29,32H,1,6,15H2,2H3/t23-,24-,29+/m1/s1. The average Bonchev–Trinajstić information content (AvgIpc) is 3.33. The largest absolute Gasteiger partial charge is 0.488 e. The third-order valence-corrected chi connectivity index (χ3v) is 6.74. The predicted octanol–water partition coefficient (Wildman–Crippen LogP) is 7.79. The topological polar surface area (TPSA) is 33.6 Å². The van der Waals surface area contributed by atoms with E-state index in [2.05, 4.69) is 78.4 Å².